The molecular formula is C24H31FN6OS2. The van der Waals surface area contributed by atoms with Gasteiger partial charge in [-0.05, 0) is 57.6 Å². The first kappa shape index (κ1) is 24.8. The van der Waals surface area contributed by atoms with Gasteiger partial charge in [0.2, 0.25) is 5.91 Å². The van der Waals surface area contributed by atoms with E-state index in [1.807, 2.05) is 5.38 Å². The first-order valence-electron chi connectivity index (χ1n) is 11.7. The highest BCUT2D eigenvalue weighted by atomic mass is 32.2. The molecule has 2 aromatic heterocycles. The minimum Gasteiger partial charge on any atom is -0.302 e. The molecule has 0 saturated heterocycles. The molecule has 1 atom stereocenters. The third-order valence-electron chi connectivity index (χ3n) is 6.16. The summed E-state index contributed by atoms with van der Waals surface area (Å²) in [7, 11) is 4.14. The maximum absolute atomic E-state index is 13.2. The van der Waals surface area contributed by atoms with Crippen molar-refractivity contribution in [1.29, 1.82) is 0 Å². The predicted octanol–water partition coefficient (Wildman–Crippen LogP) is 5.79. The summed E-state index contributed by atoms with van der Waals surface area (Å²) < 4.78 is 15.5. The van der Waals surface area contributed by atoms with E-state index in [1.54, 1.807) is 12.1 Å². The second-order valence-electron chi connectivity index (χ2n) is 8.77. The van der Waals surface area contributed by atoms with Crippen molar-refractivity contribution >= 4 is 34.1 Å². The second kappa shape index (κ2) is 11.4. The number of aromatic nitrogens is 4. The van der Waals surface area contributed by atoms with Gasteiger partial charge in [0.05, 0.1) is 17.5 Å². The van der Waals surface area contributed by atoms with Crippen molar-refractivity contribution in [2.75, 3.05) is 25.2 Å². The number of nitrogens with one attached hydrogen (secondary N) is 1. The summed E-state index contributed by atoms with van der Waals surface area (Å²) in [5, 5.41) is 15.1. The quantitative estimate of drug-likeness (QED) is 0.373. The summed E-state index contributed by atoms with van der Waals surface area (Å²) in [4.78, 5) is 19.3. The van der Waals surface area contributed by atoms with Gasteiger partial charge in [-0.2, -0.15) is 0 Å². The Balaban J connectivity index is 1.44. The average molecular weight is 503 g/mol. The molecule has 3 aromatic rings. The van der Waals surface area contributed by atoms with Crippen LogP contribution in [0.2, 0.25) is 0 Å². The van der Waals surface area contributed by atoms with Crippen molar-refractivity contribution < 1.29 is 9.18 Å². The number of hydrogen-bond acceptors (Lipinski definition) is 7. The summed E-state index contributed by atoms with van der Waals surface area (Å²) in [6.07, 6.45) is 6.90. The number of amides is 1. The fraction of sp³-hybridized carbons (Fsp3) is 0.500. The maximum Gasteiger partial charge on any atom is 0.236 e. The van der Waals surface area contributed by atoms with E-state index in [1.165, 1.54) is 54.5 Å². The highest BCUT2D eigenvalue weighted by molar-refractivity contribution is 7.99. The lowest BCUT2D eigenvalue weighted by Crippen LogP contribution is -2.26. The number of nitrogens with zero attached hydrogens (tertiary/aromatic N) is 5. The fourth-order valence-electron chi connectivity index (χ4n) is 4.44. The molecule has 182 valence electrons. The minimum atomic E-state index is -0.287. The van der Waals surface area contributed by atoms with Crippen LogP contribution in [0.4, 0.5) is 9.52 Å². The summed E-state index contributed by atoms with van der Waals surface area (Å²) in [5.74, 6) is 0.801. The first-order valence-corrected chi connectivity index (χ1v) is 13.6. The lowest BCUT2D eigenvalue weighted by molar-refractivity contribution is -0.113. The molecule has 1 aliphatic rings. The van der Waals surface area contributed by atoms with Crippen LogP contribution in [0.5, 0.6) is 0 Å². The molecule has 1 fully saturated rings. The van der Waals surface area contributed by atoms with Gasteiger partial charge in [0, 0.05) is 17.0 Å². The Morgan fingerprint density at radius 1 is 1.24 bits per heavy atom. The number of thioether (sulfide) groups is 1. The van der Waals surface area contributed by atoms with E-state index in [0.717, 1.165) is 35.8 Å². The molecule has 34 heavy (non-hydrogen) atoms. The lowest BCUT2D eigenvalue weighted by Gasteiger charge is -2.29. The van der Waals surface area contributed by atoms with Crippen LogP contribution in [-0.2, 0) is 4.79 Å². The van der Waals surface area contributed by atoms with Gasteiger partial charge in [0.1, 0.15) is 5.82 Å². The largest absolute Gasteiger partial charge is 0.302 e. The van der Waals surface area contributed by atoms with Crippen molar-refractivity contribution in [3.05, 3.63) is 41.3 Å². The van der Waals surface area contributed by atoms with Crippen LogP contribution in [-0.4, -0.2) is 50.4 Å². The standard InChI is InChI=1S/C24H31FN6OS2/c1-4-20(30(2)3)22-28-29-24(31(22)18-8-6-5-7-9-18)34-15-21(32)27-23-26-19(14-33-23)16-10-12-17(25)13-11-16/h10-14,18,20H,4-9,15H2,1-3H3,(H,26,27,32)/t20-/m0/s1. The van der Waals surface area contributed by atoms with E-state index in [4.69, 9.17) is 0 Å². The Morgan fingerprint density at radius 3 is 2.65 bits per heavy atom. The maximum atomic E-state index is 13.2. The molecule has 1 amide bonds. The van der Waals surface area contributed by atoms with E-state index in [9.17, 15) is 9.18 Å². The van der Waals surface area contributed by atoms with Crippen LogP contribution in [0.1, 0.15) is 63.4 Å². The molecule has 0 unspecified atom stereocenters. The molecule has 1 aromatic carbocycles. The van der Waals surface area contributed by atoms with Crippen LogP contribution in [0.3, 0.4) is 0 Å². The van der Waals surface area contributed by atoms with Crippen molar-refractivity contribution in [3.63, 3.8) is 0 Å². The number of halogens is 1. The fourth-order valence-corrected chi connectivity index (χ4v) is 5.99. The van der Waals surface area contributed by atoms with Crippen molar-refractivity contribution in [2.45, 2.75) is 62.7 Å². The van der Waals surface area contributed by atoms with E-state index < -0.39 is 0 Å². The van der Waals surface area contributed by atoms with Crippen molar-refractivity contribution in [2.24, 2.45) is 0 Å². The molecule has 1 N–H and O–H groups in total. The molecule has 0 bridgehead atoms. The summed E-state index contributed by atoms with van der Waals surface area (Å²) in [6.45, 7) is 2.17. The smallest absolute Gasteiger partial charge is 0.236 e. The van der Waals surface area contributed by atoms with Crippen LogP contribution >= 0.6 is 23.1 Å². The molecule has 0 radical (unpaired) electrons. The monoisotopic (exact) mass is 502 g/mol. The topological polar surface area (TPSA) is 75.9 Å². The zero-order valence-corrected chi connectivity index (χ0v) is 21.5. The Morgan fingerprint density at radius 2 is 1.97 bits per heavy atom. The Hall–Kier alpha value is -2.30. The van der Waals surface area contributed by atoms with Gasteiger partial charge in [-0.1, -0.05) is 37.9 Å². The number of anilines is 1. The molecule has 2 heterocycles. The predicted molar refractivity (Wildman–Crippen MR) is 136 cm³/mol. The van der Waals surface area contributed by atoms with Crippen LogP contribution in [0.25, 0.3) is 11.3 Å². The van der Waals surface area contributed by atoms with E-state index in [2.05, 4.69) is 51.0 Å². The summed E-state index contributed by atoms with van der Waals surface area (Å²) >= 11 is 2.78. The number of benzene rings is 1. The Labute approximate surface area is 208 Å². The van der Waals surface area contributed by atoms with Gasteiger partial charge >= 0.3 is 0 Å². The van der Waals surface area contributed by atoms with Crippen LogP contribution in [0.15, 0.2) is 34.8 Å². The first-order chi connectivity index (χ1) is 16.5. The van der Waals surface area contributed by atoms with E-state index in [-0.39, 0.29) is 23.5 Å². The molecule has 10 heteroatoms. The number of rotatable bonds is 9. The van der Waals surface area contributed by atoms with Gasteiger partial charge in [-0.3, -0.25) is 9.69 Å². The molecule has 0 aliphatic heterocycles. The highest BCUT2D eigenvalue weighted by Gasteiger charge is 2.28. The number of hydrogen-bond donors (Lipinski definition) is 1. The van der Waals surface area contributed by atoms with Crippen LogP contribution < -0.4 is 5.32 Å². The van der Waals surface area contributed by atoms with E-state index in [0.29, 0.717) is 16.9 Å². The Bertz CT molecular complexity index is 1090. The van der Waals surface area contributed by atoms with Crippen LogP contribution in [0, 0.1) is 5.82 Å². The number of thiazole rings is 1. The van der Waals surface area contributed by atoms with Crippen molar-refractivity contribution in [3.8, 4) is 11.3 Å². The number of carbonyl (C=O) groups is 1. The van der Waals surface area contributed by atoms with E-state index >= 15 is 0 Å². The van der Waals surface area contributed by atoms with Gasteiger partial charge < -0.3 is 9.88 Å². The molecular weight excluding hydrogens is 471 g/mol. The lowest BCUT2D eigenvalue weighted by atomic mass is 9.95. The second-order valence-corrected chi connectivity index (χ2v) is 10.6. The van der Waals surface area contributed by atoms with Gasteiger partial charge in [0.25, 0.3) is 0 Å². The highest BCUT2D eigenvalue weighted by Crippen LogP contribution is 2.35. The zero-order chi connectivity index (χ0) is 24.1. The molecule has 1 aliphatic carbocycles. The molecule has 7 nitrogen and oxygen atoms in total. The molecule has 0 spiro atoms. The summed E-state index contributed by atoms with van der Waals surface area (Å²) in [6, 6.07) is 6.74. The Kier molecular flexibility index (Phi) is 8.33. The molecule has 1 saturated carbocycles. The third kappa shape index (κ3) is 5.84. The SMILES string of the molecule is CC[C@@H](c1nnc(SCC(=O)Nc2nc(-c3ccc(F)cc3)cs2)n1C1CCCCC1)N(C)C. The summed E-state index contributed by atoms with van der Waals surface area (Å²) in [5.41, 5.74) is 1.52. The third-order valence-corrected chi connectivity index (χ3v) is 7.86. The van der Waals surface area contributed by atoms with Gasteiger partial charge in [-0.25, -0.2) is 9.37 Å². The van der Waals surface area contributed by atoms with Gasteiger partial charge in [0.15, 0.2) is 16.1 Å². The normalized spacial score (nSPS) is 15.6. The van der Waals surface area contributed by atoms with Gasteiger partial charge in [-0.15, -0.1) is 21.5 Å². The van der Waals surface area contributed by atoms with Crippen molar-refractivity contribution in [1.82, 2.24) is 24.6 Å². The zero-order valence-electron chi connectivity index (χ0n) is 19.8. The molecule has 4 rings (SSSR count). The minimum absolute atomic E-state index is 0.135. The number of carbonyl (C=O) groups excluding carboxylic acids is 1. The average Bonchev–Trinajstić information content (AvgIpc) is 3.46.